The van der Waals surface area contributed by atoms with Crippen molar-refractivity contribution in [3.63, 3.8) is 0 Å². The molecule has 0 saturated carbocycles. The van der Waals surface area contributed by atoms with E-state index in [4.69, 9.17) is 60.8 Å². The molecule has 0 radical (unpaired) electrons. The average Bonchev–Trinajstić information content (AvgIpc) is 1.50. The Morgan fingerprint density at radius 1 is 0.551 bits per heavy atom. The Morgan fingerprint density at radius 2 is 1.03 bits per heavy atom. The van der Waals surface area contributed by atoms with Crippen molar-refractivity contribution in [2.75, 3.05) is 45.8 Å². The number of carbonyl (C=O) groups excluding carboxylic acids is 5. The molecular formula is C90H126B2N5O20P. The van der Waals surface area contributed by atoms with E-state index in [-0.39, 0.29) is 85.3 Å². The van der Waals surface area contributed by atoms with Gasteiger partial charge in [-0.15, -0.1) is 5.10 Å². The van der Waals surface area contributed by atoms with E-state index in [1.165, 1.54) is 126 Å². The van der Waals surface area contributed by atoms with E-state index in [0.717, 1.165) is 55.0 Å². The summed E-state index contributed by atoms with van der Waals surface area (Å²) in [7, 11) is -2.35. The molecule has 28 heteroatoms. The largest absolute Gasteiger partial charge is 0.756 e. The Hall–Kier alpha value is -7.97. The van der Waals surface area contributed by atoms with Crippen LogP contribution in [-0.4, -0.2) is 133 Å². The maximum atomic E-state index is 14.6. The van der Waals surface area contributed by atoms with Gasteiger partial charge in [-0.2, -0.15) is 0 Å². The van der Waals surface area contributed by atoms with Crippen LogP contribution in [0.1, 0.15) is 293 Å². The molecule has 118 heavy (non-hydrogen) atoms. The smallest absolute Gasteiger partial charge is 0.514 e. The van der Waals surface area contributed by atoms with Crippen molar-refractivity contribution in [2.24, 2.45) is 0 Å². The first-order valence-electron chi connectivity index (χ1n) is 43.1. The SMILES string of the molecule is CCCCCCCCCCCCCCCC(=O)OCC(COP(=O)([O-])OCC[N+](C)(C)Cc1cn(-c2ccc3c(c2)C(=O)OC32c3ccc(NC(=O)OCc4ccc(B5OC(C)(C)C(C)(C)O5)cc4)cc3Oc3cc(OC(=O)OCc4ccc(B5OC(C)(C)C(C)(C)O5)cc4)ccc32)nn1)OC(=O)CCCCCCCCCCCCCCC. The number of quaternary nitrogens is 1. The third-order valence-electron chi connectivity index (χ3n) is 23.4. The fourth-order valence-electron chi connectivity index (χ4n) is 14.9. The van der Waals surface area contributed by atoms with Crippen LogP contribution in [0, 0.1) is 0 Å². The van der Waals surface area contributed by atoms with Crippen LogP contribution in [0.4, 0.5) is 15.3 Å². The number of rotatable bonds is 49. The van der Waals surface area contributed by atoms with Crippen molar-refractivity contribution in [3.05, 3.63) is 148 Å². The number of likely N-dealkylation sites (N-methyl/N-ethyl adjacent to an activating group) is 1. The molecule has 1 spiro atoms. The number of carbonyl (C=O) groups is 5. The monoisotopic (exact) mass is 1650 g/mol. The Labute approximate surface area is 699 Å². The normalized spacial score (nSPS) is 17.4. The van der Waals surface area contributed by atoms with Crippen LogP contribution in [0.3, 0.4) is 0 Å². The first-order chi connectivity index (χ1) is 56.4. The molecule has 0 bridgehead atoms. The summed E-state index contributed by atoms with van der Waals surface area (Å²) in [5.74, 6) is -1.24. The van der Waals surface area contributed by atoms with E-state index in [1.807, 2.05) is 118 Å². The van der Waals surface area contributed by atoms with Crippen LogP contribution in [-0.2, 0) is 90.9 Å². The Bertz CT molecular complexity index is 4140. The topological polar surface area (TPSA) is 288 Å². The number of anilines is 1. The van der Waals surface area contributed by atoms with Crippen molar-refractivity contribution in [1.29, 1.82) is 0 Å². The van der Waals surface area contributed by atoms with Crippen molar-refractivity contribution in [2.45, 2.75) is 303 Å². The van der Waals surface area contributed by atoms with Gasteiger partial charge in [0.25, 0.3) is 7.82 Å². The summed E-state index contributed by atoms with van der Waals surface area (Å²) in [6, 6.07) is 29.6. The van der Waals surface area contributed by atoms with Crippen LogP contribution < -0.4 is 30.6 Å². The van der Waals surface area contributed by atoms with Crippen LogP contribution in [0.2, 0.25) is 0 Å². The van der Waals surface area contributed by atoms with Gasteiger partial charge in [0.15, 0.2) is 11.7 Å². The molecule has 4 aliphatic rings. The van der Waals surface area contributed by atoms with Crippen molar-refractivity contribution >= 4 is 68.8 Å². The van der Waals surface area contributed by atoms with Crippen LogP contribution in [0.15, 0.2) is 109 Å². The van der Waals surface area contributed by atoms with Gasteiger partial charge in [-0.05, 0) is 127 Å². The fourth-order valence-corrected chi connectivity index (χ4v) is 15.6. The first kappa shape index (κ1) is 92.3. The molecule has 2 fully saturated rings. The number of ether oxygens (including phenoxy) is 7. The minimum atomic E-state index is -4.97. The van der Waals surface area contributed by atoms with Crippen LogP contribution in [0.25, 0.3) is 5.69 Å². The highest BCUT2D eigenvalue weighted by Gasteiger charge is 2.55. The molecule has 3 atom stereocenters. The minimum Gasteiger partial charge on any atom is -0.756 e. The zero-order chi connectivity index (χ0) is 84.6. The maximum Gasteiger partial charge on any atom is 0.514 e. The zero-order valence-electron chi connectivity index (χ0n) is 71.8. The molecule has 1 amide bonds. The number of hydrogen-bond acceptors (Lipinski definition) is 22. The lowest BCUT2D eigenvalue weighted by atomic mass is 9.77. The lowest BCUT2D eigenvalue weighted by molar-refractivity contribution is -0.904. The number of amides is 1. The van der Waals surface area contributed by atoms with Gasteiger partial charge in [0, 0.05) is 47.4 Å². The van der Waals surface area contributed by atoms with E-state index in [1.54, 1.807) is 54.7 Å². The number of unbranched alkanes of at least 4 members (excludes halogenated alkanes) is 24. The predicted molar refractivity (Wildman–Crippen MR) is 450 cm³/mol. The summed E-state index contributed by atoms with van der Waals surface area (Å²) in [4.78, 5) is 81.1. The van der Waals surface area contributed by atoms with Crippen LogP contribution in [0.5, 0.6) is 17.2 Å². The molecule has 25 nitrogen and oxygen atoms in total. The molecule has 2 saturated heterocycles. The lowest BCUT2D eigenvalue weighted by Gasteiger charge is -2.36. The van der Waals surface area contributed by atoms with Crippen molar-refractivity contribution in [3.8, 4) is 22.9 Å². The fraction of sp³-hybridized carbons (Fsp3) is 0.589. The van der Waals surface area contributed by atoms with E-state index in [2.05, 4.69) is 29.5 Å². The van der Waals surface area contributed by atoms with Crippen molar-refractivity contribution in [1.82, 2.24) is 15.0 Å². The average molecular weight is 1650 g/mol. The van der Waals surface area contributed by atoms with E-state index < -0.39 is 92.9 Å². The molecule has 10 rings (SSSR count). The number of nitrogens with one attached hydrogen (secondary N) is 1. The highest BCUT2D eigenvalue weighted by atomic mass is 31.2. The number of benzene rings is 5. The number of phosphoric ester groups is 1. The molecule has 5 aromatic carbocycles. The highest BCUT2D eigenvalue weighted by molar-refractivity contribution is 7.45. The summed E-state index contributed by atoms with van der Waals surface area (Å²) in [5.41, 5.74) is 2.09. The summed E-state index contributed by atoms with van der Waals surface area (Å²) >= 11 is 0. The number of phosphoric acid groups is 1. The molecule has 6 aromatic rings. The van der Waals surface area contributed by atoms with E-state index in [9.17, 15) is 33.4 Å². The summed E-state index contributed by atoms with van der Waals surface area (Å²) < 4.78 is 92.1. The van der Waals surface area contributed by atoms with Gasteiger partial charge in [0.05, 0.1) is 60.6 Å². The molecule has 1 N–H and O–H groups in total. The molecule has 0 aliphatic carbocycles. The maximum absolute atomic E-state index is 14.6. The van der Waals surface area contributed by atoms with Gasteiger partial charge in [-0.1, -0.05) is 228 Å². The Balaban J connectivity index is 0.753. The second-order valence-corrected chi connectivity index (χ2v) is 36.0. The molecule has 5 heterocycles. The van der Waals surface area contributed by atoms with Gasteiger partial charge in [-0.3, -0.25) is 19.5 Å². The minimum absolute atomic E-state index is 0.0524. The highest BCUT2D eigenvalue weighted by Crippen LogP contribution is 2.57. The molecular weight excluding hydrogens is 1520 g/mol. The third-order valence-corrected chi connectivity index (χ3v) is 24.4. The number of esters is 3. The van der Waals surface area contributed by atoms with Gasteiger partial charge in [0.1, 0.15) is 62.5 Å². The molecule has 1 aromatic heterocycles. The molecule has 4 aliphatic heterocycles. The number of aromatic nitrogens is 3. The summed E-state index contributed by atoms with van der Waals surface area (Å²) in [6.07, 6.45) is 29.4. The molecule has 642 valence electrons. The Morgan fingerprint density at radius 3 is 1.55 bits per heavy atom. The standard InChI is InChI=1S/C90H126B2N5O20P/c1-13-15-17-19-21-23-25-27-29-31-33-35-37-39-81(98)105-64-74(110-82(99)40-38-36-34-32-30-28-26-24-22-20-18-16-14-2)65-109-118(103,104)108-56-55-97(11,12)61-71-60-96(95-94-71)72-50-53-76-75(58-72)83(100)113-90(76)77-52-49-70(93-84(101)106-62-66-41-45-68(46-42-66)91-114-86(3,4)87(5,6)115-91)57-79(77)112-80-59-73(51-54-78(80)90)111-85(102)107-63-67-43-47-69(48-44-67)92-116-88(7,8)89(9,10)117-92/h41-54,57-60,74H,13-40,55-56,61-65H2,1-12H3,(H-,93,101,103,104). The molecule has 3 unspecified atom stereocenters. The number of nitrogens with zero attached hydrogens (tertiary/aromatic N) is 4. The zero-order valence-corrected chi connectivity index (χ0v) is 72.7. The summed E-state index contributed by atoms with van der Waals surface area (Å²) in [6.45, 7) is 19.4. The quantitative estimate of drug-likeness (QED) is 0.00706. The van der Waals surface area contributed by atoms with Gasteiger partial charge < -0.3 is 70.2 Å². The first-order valence-corrected chi connectivity index (χ1v) is 44.5. The number of hydrogen-bond donors (Lipinski definition) is 1. The van der Waals surface area contributed by atoms with Crippen LogP contribution >= 0.6 is 7.82 Å². The van der Waals surface area contributed by atoms with Gasteiger partial charge in [-0.25, -0.2) is 19.1 Å². The second kappa shape index (κ2) is 43.0. The predicted octanol–water partition coefficient (Wildman–Crippen LogP) is 18.4. The van der Waals surface area contributed by atoms with E-state index in [0.29, 0.717) is 46.5 Å². The number of fused-ring (bicyclic) bond motifs is 6. The third kappa shape index (κ3) is 26.3. The second-order valence-electron chi connectivity index (χ2n) is 34.6. The Kier molecular flexibility index (Phi) is 33.6. The lowest BCUT2D eigenvalue weighted by Crippen LogP contribution is -2.41. The van der Waals surface area contributed by atoms with E-state index >= 15 is 0 Å². The van der Waals surface area contributed by atoms with Crippen molar-refractivity contribution < 1.29 is 98.7 Å². The van der Waals surface area contributed by atoms with Gasteiger partial charge >= 0.3 is 44.4 Å². The summed E-state index contributed by atoms with van der Waals surface area (Å²) in [5, 5.41) is 11.7. The van der Waals surface area contributed by atoms with Gasteiger partial charge in [0.2, 0.25) is 0 Å².